The summed E-state index contributed by atoms with van der Waals surface area (Å²) in [7, 11) is 0. The molecule has 0 fully saturated rings. The van der Waals surface area contributed by atoms with E-state index in [-0.39, 0.29) is 9.52 Å². The summed E-state index contributed by atoms with van der Waals surface area (Å²) < 4.78 is -0.0570. The van der Waals surface area contributed by atoms with Gasteiger partial charge >= 0.3 is 0 Å². The number of carbonyl (C=O) groups excluding carboxylic acids is 2. The molecule has 1 unspecified atom stereocenters. The number of alkyl halides is 1. The van der Waals surface area contributed by atoms with Crippen LogP contribution in [0.2, 0.25) is 0 Å². The van der Waals surface area contributed by atoms with Gasteiger partial charge in [-0.1, -0.05) is 15.9 Å². The Kier molecular flexibility index (Phi) is 6.22. The number of unbranched alkanes of at least 4 members (excludes halogenated alkanes) is 1. The number of halogens is 2. The Balaban J connectivity index is 3.30. The van der Waals surface area contributed by atoms with E-state index in [1.165, 1.54) is 0 Å². The predicted molar refractivity (Wildman–Crippen MR) is 46.6 cm³/mol. The van der Waals surface area contributed by atoms with Crippen molar-refractivity contribution < 1.29 is 9.59 Å². The predicted octanol–water partition coefficient (Wildman–Crippen LogP) is 2.04. The second kappa shape index (κ2) is 6.04. The lowest BCUT2D eigenvalue weighted by molar-refractivity contribution is -0.110. The van der Waals surface area contributed by atoms with Gasteiger partial charge in [0.2, 0.25) is 4.69 Å². The van der Waals surface area contributed by atoms with Crippen molar-refractivity contribution in [2.75, 3.05) is 0 Å². The topological polar surface area (TPSA) is 34.1 Å². The van der Waals surface area contributed by atoms with Gasteiger partial charge < -0.3 is 4.79 Å². The normalized spacial score (nSPS) is 12.6. The molecule has 58 valence electrons. The molecule has 0 radical (unpaired) electrons. The molecule has 0 amide bonds. The fourth-order valence-corrected chi connectivity index (χ4v) is 1.05. The van der Waals surface area contributed by atoms with Gasteiger partial charge in [0.15, 0.2) is 0 Å². The van der Waals surface area contributed by atoms with E-state index in [0.717, 1.165) is 12.7 Å². The van der Waals surface area contributed by atoms with Crippen LogP contribution in [0, 0.1) is 0 Å². The molecule has 0 heterocycles. The molecule has 0 aliphatic heterocycles. The average molecular weight is 272 g/mol. The van der Waals surface area contributed by atoms with Crippen molar-refractivity contribution in [2.45, 2.75) is 24.1 Å². The number of aldehydes is 1. The van der Waals surface area contributed by atoms with Crippen LogP contribution in [-0.4, -0.2) is 15.8 Å². The molecule has 0 spiro atoms. The van der Waals surface area contributed by atoms with Crippen molar-refractivity contribution in [3.8, 4) is 0 Å². The van der Waals surface area contributed by atoms with Crippen LogP contribution in [0.1, 0.15) is 19.3 Å². The first-order valence-electron chi connectivity index (χ1n) is 2.95. The molecule has 2 nitrogen and oxygen atoms in total. The summed E-state index contributed by atoms with van der Waals surface area (Å²) in [6.07, 6.45) is 2.86. The molecule has 0 aromatic heterocycles. The van der Waals surface area contributed by atoms with Crippen LogP contribution in [0.25, 0.3) is 0 Å². The van der Waals surface area contributed by atoms with E-state index in [9.17, 15) is 9.59 Å². The summed E-state index contributed by atoms with van der Waals surface area (Å²) in [5.74, 6) is 0. The van der Waals surface area contributed by atoms with E-state index < -0.39 is 0 Å². The van der Waals surface area contributed by atoms with E-state index in [2.05, 4.69) is 31.9 Å². The Bertz CT molecular complexity index is 125. The third-order valence-electron chi connectivity index (χ3n) is 1.03. The molecule has 0 aromatic rings. The van der Waals surface area contributed by atoms with E-state index in [4.69, 9.17) is 0 Å². The Labute approximate surface area is 76.6 Å². The Morgan fingerprint density at radius 2 is 2.20 bits per heavy atom. The quantitative estimate of drug-likeness (QED) is 0.332. The summed E-state index contributed by atoms with van der Waals surface area (Å²) >= 11 is 5.98. The van der Waals surface area contributed by atoms with Gasteiger partial charge in [-0.25, -0.2) is 0 Å². The fourth-order valence-electron chi connectivity index (χ4n) is 0.494. The number of rotatable bonds is 5. The summed E-state index contributed by atoms with van der Waals surface area (Å²) in [5.41, 5.74) is 0. The maximum atomic E-state index is 10.5. The molecule has 0 N–H and O–H groups in total. The Morgan fingerprint density at radius 1 is 1.60 bits per heavy atom. The van der Waals surface area contributed by atoms with E-state index in [0.29, 0.717) is 12.8 Å². The third kappa shape index (κ3) is 5.11. The molecule has 0 aliphatic carbocycles. The first-order valence-corrected chi connectivity index (χ1v) is 4.66. The summed E-state index contributed by atoms with van der Waals surface area (Å²) in [6.45, 7) is 0. The number of hydrogen-bond acceptors (Lipinski definition) is 2. The SMILES string of the molecule is O=CCCCC(Br)C(=O)Br. The summed E-state index contributed by atoms with van der Waals surface area (Å²) in [6, 6.07) is 0. The first kappa shape index (κ1) is 10.3. The highest BCUT2D eigenvalue weighted by atomic mass is 79.9. The van der Waals surface area contributed by atoms with Crippen LogP contribution in [0.3, 0.4) is 0 Å². The molecular weight excluding hydrogens is 264 g/mol. The lowest BCUT2D eigenvalue weighted by atomic mass is 10.2. The van der Waals surface area contributed by atoms with Gasteiger partial charge in [-0.05, 0) is 28.8 Å². The van der Waals surface area contributed by atoms with Gasteiger partial charge in [0.05, 0.1) is 4.83 Å². The number of carbonyl (C=O) groups is 2. The zero-order valence-corrected chi connectivity index (χ0v) is 8.52. The Hall–Kier alpha value is 0.300. The van der Waals surface area contributed by atoms with Crippen molar-refractivity contribution in [1.82, 2.24) is 0 Å². The van der Waals surface area contributed by atoms with E-state index in [1.807, 2.05) is 0 Å². The van der Waals surface area contributed by atoms with Gasteiger partial charge in [0.25, 0.3) is 0 Å². The molecule has 0 saturated heterocycles. The second-order valence-corrected chi connectivity index (χ2v) is 3.76. The summed E-state index contributed by atoms with van der Waals surface area (Å²) in [5, 5.41) is 0. The van der Waals surface area contributed by atoms with Crippen molar-refractivity contribution in [3.63, 3.8) is 0 Å². The molecular formula is C6H8Br2O2. The third-order valence-corrected chi connectivity index (χ3v) is 3.07. The van der Waals surface area contributed by atoms with Gasteiger partial charge in [-0.3, -0.25) is 4.79 Å². The largest absolute Gasteiger partial charge is 0.303 e. The van der Waals surface area contributed by atoms with Crippen molar-refractivity contribution in [1.29, 1.82) is 0 Å². The van der Waals surface area contributed by atoms with Crippen molar-refractivity contribution in [3.05, 3.63) is 0 Å². The van der Waals surface area contributed by atoms with Gasteiger partial charge in [-0.2, -0.15) is 0 Å². The van der Waals surface area contributed by atoms with Crippen molar-refractivity contribution in [2.24, 2.45) is 0 Å². The first-order chi connectivity index (χ1) is 4.68. The van der Waals surface area contributed by atoms with Crippen LogP contribution in [0.4, 0.5) is 0 Å². The van der Waals surface area contributed by atoms with E-state index in [1.54, 1.807) is 0 Å². The molecule has 10 heavy (non-hydrogen) atoms. The highest BCUT2D eigenvalue weighted by molar-refractivity contribution is 9.20. The standard InChI is InChI=1S/C6H8Br2O2/c7-5(6(8)10)3-1-2-4-9/h4-5H,1-3H2. The van der Waals surface area contributed by atoms with Gasteiger partial charge in [0, 0.05) is 6.42 Å². The summed E-state index contributed by atoms with van der Waals surface area (Å²) in [4.78, 5) is 20.2. The lowest BCUT2D eigenvalue weighted by Gasteiger charge is -2.00. The number of hydrogen-bond donors (Lipinski definition) is 0. The smallest absolute Gasteiger partial charge is 0.211 e. The van der Waals surface area contributed by atoms with Crippen LogP contribution in [0.15, 0.2) is 0 Å². The fraction of sp³-hybridized carbons (Fsp3) is 0.667. The minimum Gasteiger partial charge on any atom is -0.303 e. The zero-order chi connectivity index (χ0) is 7.98. The van der Waals surface area contributed by atoms with Gasteiger partial charge in [-0.15, -0.1) is 0 Å². The second-order valence-electron chi connectivity index (χ2n) is 1.87. The Morgan fingerprint density at radius 3 is 2.60 bits per heavy atom. The molecule has 0 aromatic carbocycles. The van der Waals surface area contributed by atoms with Crippen molar-refractivity contribution >= 4 is 42.8 Å². The molecule has 4 heteroatoms. The van der Waals surface area contributed by atoms with Crippen LogP contribution >= 0.6 is 31.9 Å². The molecule has 0 bridgehead atoms. The zero-order valence-electron chi connectivity index (χ0n) is 5.35. The molecule has 0 saturated carbocycles. The minimum absolute atomic E-state index is 0.0570. The molecule has 0 aliphatic rings. The molecule has 1 atom stereocenters. The highest BCUT2D eigenvalue weighted by Crippen LogP contribution is 2.12. The van der Waals surface area contributed by atoms with Gasteiger partial charge in [0.1, 0.15) is 6.29 Å². The molecule has 0 rings (SSSR count). The maximum absolute atomic E-state index is 10.5. The lowest BCUT2D eigenvalue weighted by Crippen LogP contribution is -2.05. The minimum atomic E-state index is -0.146. The van der Waals surface area contributed by atoms with E-state index >= 15 is 0 Å². The maximum Gasteiger partial charge on any atom is 0.211 e. The highest BCUT2D eigenvalue weighted by Gasteiger charge is 2.09. The monoisotopic (exact) mass is 270 g/mol. The van der Waals surface area contributed by atoms with Crippen LogP contribution in [-0.2, 0) is 9.59 Å². The van der Waals surface area contributed by atoms with Crippen LogP contribution in [0.5, 0.6) is 0 Å². The average Bonchev–Trinajstić information content (AvgIpc) is 1.88. The van der Waals surface area contributed by atoms with Crippen LogP contribution < -0.4 is 0 Å².